The first-order valence-electron chi connectivity index (χ1n) is 6.56. The van der Waals surface area contributed by atoms with Crippen LogP contribution >= 0.6 is 11.3 Å². The van der Waals surface area contributed by atoms with Crippen molar-refractivity contribution in [3.05, 3.63) is 53.4 Å². The summed E-state index contributed by atoms with van der Waals surface area (Å²) >= 11 is 1.09. The number of para-hydroxylation sites is 2. The van der Waals surface area contributed by atoms with Crippen molar-refractivity contribution in [3.8, 4) is 11.4 Å². The smallest absolute Gasteiger partial charge is 0.338 e. The van der Waals surface area contributed by atoms with E-state index in [-0.39, 0.29) is 5.39 Å². The highest BCUT2D eigenvalue weighted by Crippen LogP contribution is 2.39. The number of halogens is 3. The molecule has 0 radical (unpaired) electrons. The predicted octanol–water partition coefficient (Wildman–Crippen LogP) is 5.46. The van der Waals surface area contributed by atoms with Gasteiger partial charge in [0.05, 0.1) is 16.6 Å². The van der Waals surface area contributed by atoms with E-state index in [0.29, 0.717) is 10.5 Å². The highest BCUT2D eigenvalue weighted by molar-refractivity contribution is 7.17. The summed E-state index contributed by atoms with van der Waals surface area (Å²) in [6.45, 7) is 0. The number of nitrogens with zero attached hydrogens (tertiary/aromatic N) is 1. The van der Waals surface area contributed by atoms with Gasteiger partial charge in [-0.1, -0.05) is 24.3 Å². The summed E-state index contributed by atoms with van der Waals surface area (Å²) in [6.07, 6.45) is -4.32. The van der Waals surface area contributed by atoms with Crippen molar-refractivity contribution in [3.63, 3.8) is 0 Å². The molecule has 1 N–H and O–H groups in total. The van der Waals surface area contributed by atoms with E-state index in [1.54, 1.807) is 12.1 Å². The first-order valence-corrected chi connectivity index (χ1v) is 7.44. The van der Waals surface area contributed by atoms with E-state index in [4.69, 9.17) is 0 Å². The maximum atomic E-state index is 12.9. The number of hydrogen-bond donors (Lipinski definition) is 1. The Morgan fingerprint density at radius 2 is 1.86 bits per heavy atom. The number of H-pyrrole nitrogens is 1. The second kappa shape index (κ2) is 4.58. The molecule has 0 amide bonds. The lowest BCUT2D eigenvalue weighted by molar-refractivity contribution is -0.136. The summed E-state index contributed by atoms with van der Waals surface area (Å²) in [5.74, 6) is 0.657. The first-order chi connectivity index (χ1) is 10.5. The van der Waals surface area contributed by atoms with Crippen LogP contribution < -0.4 is 0 Å². The van der Waals surface area contributed by atoms with Crippen molar-refractivity contribution < 1.29 is 13.2 Å². The molecule has 0 spiro atoms. The third-order valence-corrected chi connectivity index (χ3v) is 4.49. The number of aromatic nitrogens is 2. The minimum Gasteiger partial charge on any atom is -0.338 e. The first kappa shape index (κ1) is 13.3. The Morgan fingerprint density at radius 1 is 1.05 bits per heavy atom. The number of hydrogen-bond acceptors (Lipinski definition) is 2. The Bertz CT molecular complexity index is 949. The van der Waals surface area contributed by atoms with Gasteiger partial charge in [0.25, 0.3) is 0 Å². The fourth-order valence-electron chi connectivity index (χ4n) is 2.48. The third kappa shape index (κ3) is 2.07. The predicted molar refractivity (Wildman–Crippen MR) is 81.9 cm³/mol. The number of rotatable bonds is 1. The van der Waals surface area contributed by atoms with Gasteiger partial charge in [-0.15, -0.1) is 11.3 Å². The molecule has 4 rings (SSSR count). The molecule has 2 aromatic heterocycles. The van der Waals surface area contributed by atoms with Crippen LogP contribution in [0.3, 0.4) is 0 Å². The fraction of sp³-hybridized carbons (Fsp3) is 0.0625. The molecule has 4 aromatic rings. The van der Waals surface area contributed by atoms with Crippen LogP contribution in [0.1, 0.15) is 5.56 Å². The lowest BCUT2D eigenvalue weighted by Crippen LogP contribution is -2.02. The third-order valence-electron chi connectivity index (χ3n) is 3.54. The lowest BCUT2D eigenvalue weighted by Gasteiger charge is -2.04. The maximum absolute atomic E-state index is 12.9. The number of aromatic amines is 1. The number of imidazole rings is 1. The van der Waals surface area contributed by atoms with Crippen molar-refractivity contribution in [2.24, 2.45) is 0 Å². The number of benzene rings is 2. The van der Waals surface area contributed by atoms with Gasteiger partial charge in [-0.05, 0) is 18.2 Å². The molecule has 0 saturated carbocycles. The van der Waals surface area contributed by atoms with Crippen LogP contribution in [0.15, 0.2) is 47.8 Å². The van der Waals surface area contributed by atoms with E-state index in [1.807, 2.05) is 24.3 Å². The monoisotopic (exact) mass is 318 g/mol. The van der Waals surface area contributed by atoms with Gasteiger partial charge in [0.15, 0.2) is 0 Å². The number of fused-ring (bicyclic) bond motifs is 2. The number of alkyl halides is 3. The van der Waals surface area contributed by atoms with E-state index in [2.05, 4.69) is 9.97 Å². The van der Waals surface area contributed by atoms with E-state index in [0.717, 1.165) is 33.3 Å². The number of thiophene rings is 1. The SMILES string of the molecule is FC(F)(F)c1csc2cc(-c3nc4ccccc4[nH]3)ccc12. The summed E-state index contributed by atoms with van der Waals surface area (Å²) in [5.41, 5.74) is 1.93. The molecule has 0 unspecified atom stereocenters. The molecule has 110 valence electrons. The van der Waals surface area contributed by atoms with Crippen LogP contribution in [-0.4, -0.2) is 9.97 Å². The van der Waals surface area contributed by atoms with Gasteiger partial charge in [-0.25, -0.2) is 4.98 Å². The van der Waals surface area contributed by atoms with Crippen LogP contribution in [0.4, 0.5) is 13.2 Å². The standard InChI is InChI=1S/C16H9F3N2S/c17-16(18,19)11-8-22-14-7-9(5-6-10(11)14)15-20-12-3-1-2-4-13(12)21-15/h1-8H,(H,20,21). The summed E-state index contributed by atoms with van der Waals surface area (Å²) in [5, 5.41) is 1.39. The van der Waals surface area contributed by atoms with Gasteiger partial charge >= 0.3 is 6.18 Å². The highest BCUT2D eigenvalue weighted by atomic mass is 32.1. The zero-order chi connectivity index (χ0) is 15.3. The average molecular weight is 318 g/mol. The summed E-state index contributed by atoms with van der Waals surface area (Å²) in [7, 11) is 0. The molecule has 0 atom stereocenters. The van der Waals surface area contributed by atoms with Crippen molar-refractivity contribution >= 4 is 32.5 Å². The van der Waals surface area contributed by atoms with E-state index < -0.39 is 11.7 Å². The van der Waals surface area contributed by atoms with Crippen molar-refractivity contribution in [2.75, 3.05) is 0 Å². The largest absolute Gasteiger partial charge is 0.417 e. The minimum absolute atomic E-state index is 0.234. The Morgan fingerprint density at radius 3 is 2.64 bits per heavy atom. The number of nitrogens with one attached hydrogen (secondary N) is 1. The summed E-state index contributed by atoms with van der Waals surface area (Å²) < 4.78 is 39.3. The second-order valence-electron chi connectivity index (χ2n) is 4.96. The minimum atomic E-state index is -4.32. The molecule has 0 aliphatic rings. The zero-order valence-corrected chi connectivity index (χ0v) is 11.9. The van der Waals surface area contributed by atoms with E-state index >= 15 is 0 Å². The van der Waals surface area contributed by atoms with E-state index in [1.165, 1.54) is 6.07 Å². The van der Waals surface area contributed by atoms with Gasteiger partial charge in [-0.2, -0.15) is 13.2 Å². The Hall–Kier alpha value is -2.34. The van der Waals surface area contributed by atoms with E-state index in [9.17, 15) is 13.2 Å². The van der Waals surface area contributed by atoms with Gasteiger partial charge < -0.3 is 4.98 Å². The van der Waals surface area contributed by atoms with Gasteiger partial charge in [-0.3, -0.25) is 0 Å². The molecule has 2 nitrogen and oxygen atoms in total. The molecule has 0 bridgehead atoms. The molecule has 2 aromatic carbocycles. The molecular weight excluding hydrogens is 309 g/mol. The van der Waals surface area contributed by atoms with Crippen LogP contribution in [0, 0.1) is 0 Å². The molecule has 0 aliphatic heterocycles. The Kier molecular flexibility index (Phi) is 2.77. The molecule has 2 heterocycles. The normalized spacial score (nSPS) is 12.3. The van der Waals surface area contributed by atoms with Gasteiger partial charge in [0, 0.05) is 21.0 Å². The Labute approximate surface area is 127 Å². The van der Waals surface area contributed by atoms with Crippen molar-refractivity contribution in [2.45, 2.75) is 6.18 Å². The van der Waals surface area contributed by atoms with Crippen molar-refractivity contribution in [1.29, 1.82) is 0 Å². The second-order valence-corrected chi connectivity index (χ2v) is 5.87. The maximum Gasteiger partial charge on any atom is 0.417 e. The summed E-state index contributed by atoms with van der Waals surface area (Å²) in [6, 6.07) is 12.5. The molecule has 22 heavy (non-hydrogen) atoms. The molecule has 6 heteroatoms. The molecular formula is C16H9F3N2S. The van der Waals surface area contributed by atoms with Crippen LogP contribution in [0.2, 0.25) is 0 Å². The summed E-state index contributed by atoms with van der Waals surface area (Å²) in [4.78, 5) is 7.66. The zero-order valence-electron chi connectivity index (χ0n) is 11.1. The van der Waals surface area contributed by atoms with Gasteiger partial charge in [0.1, 0.15) is 5.82 Å². The quantitative estimate of drug-likeness (QED) is 0.496. The highest BCUT2D eigenvalue weighted by Gasteiger charge is 2.33. The van der Waals surface area contributed by atoms with Gasteiger partial charge in [0.2, 0.25) is 0 Å². The average Bonchev–Trinajstić information content (AvgIpc) is 3.09. The van der Waals surface area contributed by atoms with Crippen LogP contribution in [0.25, 0.3) is 32.5 Å². The topological polar surface area (TPSA) is 28.7 Å². The Balaban J connectivity index is 1.86. The van der Waals surface area contributed by atoms with Crippen LogP contribution in [-0.2, 0) is 6.18 Å². The van der Waals surface area contributed by atoms with Crippen LogP contribution in [0.5, 0.6) is 0 Å². The molecule has 0 saturated heterocycles. The molecule has 0 fully saturated rings. The molecule has 0 aliphatic carbocycles. The fourth-order valence-corrected chi connectivity index (χ4v) is 3.49. The van der Waals surface area contributed by atoms with Crippen molar-refractivity contribution in [1.82, 2.24) is 9.97 Å². The lowest BCUT2D eigenvalue weighted by atomic mass is 10.1.